The Morgan fingerprint density at radius 1 is 1.24 bits per heavy atom. The Bertz CT molecular complexity index is 1100. The number of ether oxygens (including phenoxy) is 1. The van der Waals surface area contributed by atoms with Gasteiger partial charge in [-0.2, -0.15) is 0 Å². The maximum atomic E-state index is 12.3. The molecule has 2 N–H and O–H groups in total. The van der Waals surface area contributed by atoms with Crippen LogP contribution in [0.15, 0.2) is 47.5 Å². The van der Waals surface area contributed by atoms with Gasteiger partial charge in [0, 0.05) is 11.6 Å². The first-order chi connectivity index (χ1) is 14.0. The first-order valence-corrected chi connectivity index (χ1v) is 9.68. The molecule has 2 aromatic carbocycles. The predicted molar refractivity (Wildman–Crippen MR) is 110 cm³/mol. The van der Waals surface area contributed by atoms with Crippen molar-refractivity contribution in [2.45, 2.75) is 12.8 Å². The maximum Gasteiger partial charge on any atom is 0.336 e. The van der Waals surface area contributed by atoms with Crippen LogP contribution in [-0.4, -0.2) is 52.7 Å². The van der Waals surface area contributed by atoms with Crippen LogP contribution in [0.25, 0.3) is 22.0 Å². The topological polar surface area (TPSA) is 95.5 Å². The lowest BCUT2D eigenvalue weighted by Crippen LogP contribution is -2.32. The molecular formula is C22H23N3O4. The van der Waals surface area contributed by atoms with Crippen LogP contribution in [0.1, 0.15) is 23.2 Å². The Labute approximate surface area is 168 Å². The van der Waals surface area contributed by atoms with E-state index in [1.807, 2.05) is 0 Å². The van der Waals surface area contributed by atoms with E-state index in [4.69, 9.17) is 4.74 Å². The number of aromatic carboxylic acids is 1. The largest absolute Gasteiger partial charge is 0.493 e. The van der Waals surface area contributed by atoms with Gasteiger partial charge in [-0.25, -0.2) is 9.78 Å². The number of hydrogen-bond donors (Lipinski definition) is 2. The molecule has 0 spiro atoms. The van der Waals surface area contributed by atoms with Crippen LogP contribution in [0.5, 0.6) is 5.75 Å². The fraction of sp³-hybridized carbons (Fsp3) is 0.318. The third-order valence-electron chi connectivity index (χ3n) is 5.50. The van der Waals surface area contributed by atoms with Crippen LogP contribution in [0.4, 0.5) is 0 Å². The van der Waals surface area contributed by atoms with Gasteiger partial charge in [0.15, 0.2) is 0 Å². The lowest BCUT2D eigenvalue weighted by atomic mass is 9.96. The second kappa shape index (κ2) is 8.05. The zero-order valence-electron chi connectivity index (χ0n) is 16.2. The molecule has 7 heteroatoms. The van der Waals surface area contributed by atoms with Gasteiger partial charge in [-0.1, -0.05) is 18.2 Å². The maximum absolute atomic E-state index is 12.3. The normalized spacial score (nSPS) is 15.5. The molecule has 7 nitrogen and oxygen atoms in total. The number of hydrogen-bond acceptors (Lipinski definition) is 5. The fourth-order valence-electron chi connectivity index (χ4n) is 3.77. The highest BCUT2D eigenvalue weighted by molar-refractivity contribution is 5.99. The number of fused-ring (bicyclic) bond motifs is 1. The molecule has 1 aliphatic rings. The average Bonchev–Trinajstić information content (AvgIpc) is 2.73. The Balaban J connectivity index is 1.77. The SMILES string of the molecule is CN1CCC(COc2cc3nc[nH]c(=O)c3cc2-c2ccccc2C(=O)O)CC1. The minimum atomic E-state index is -1.03. The first kappa shape index (κ1) is 19.1. The van der Waals surface area contributed by atoms with Gasteiger partial charge < -0.3 is 19.7 Å². The van der Waals surface area contributed by atoms with Crippen molar-refractivity contribution in [2.75, 3.05) is 26.7 Å². The zero-order valence-corrected chi connectivity index (χ0v) is 16.2. The minimum Gasteiger partial charge on any atom is -0.493 e. The molecule has 0 unspecified atom stereocenters. The van der Waals surface area contributed by atoms with Crippen molar-refractivity contribution in [1.29, 1.82) is 0 Å². The van der Waals surface area contributed by atoms with Crippen molar-refractivity contribution >= 4 is 16.9 Å². The average molecular weight is 393 g/mol. The summed E-state index contributed by atoms with van der Waals surface area (Å²) >= 11 is 0. The van der Waals surface area contributed by atoms with Gasteiger partial charge >= 0.3 is 5.97 Å². The molecule has 0 saturated carbocycles. The van der Waals surface area contributed by atoms with E-state index in [-0.39, 0.29) is 11.1 Å². The van der Waals surface area contributed by atoms with E-state index in [0.29, 0.717) is 40.3 Å². The molecule has 0 radical (unpaired) electrons. The summed E-state index contributed by atoms with van der Waals surface area (Å²) in [7, 11) is 2.12. The molecule has 2 heterocycles. The molecular weight excluding hydrogens is 370 g/mol. The van der Waals surface area contributed by atoms with Crippen LogP contribution >= 0.6 is 0 Å². The van der Waals surface area contributed by atoms with Crippen LogP contribution in [-0.2, 0) is 0 Å². The van der Waals surface area contributed by atoms with Crippen molar-refractivity contribution in [2.24, 2.45) is 5.92 Å². The summed E-state index contributed by atoms with van der Waals surface area (Å²) in [5.41, 5.74) is 1.51. The third kappa shape index (κ3) is 4.00. The fourth-order valence-corrected chi connectivity index (χ4v) is 3.77. The highest BCUT2D eigenvalue weighted by Crippen LogP contribution is 2.35. The van der Waals surface area contributed by atoms with E-state index in [1.54, 1.807) is 36.4 Å². The van der Waals surface area contributed by atoms with Gasteiger partial charge in [-0.05, 0) is 56.6 Å². The van der Waals surface area contributed by atoms with Crippen LogP contribution in [0.2, 0.25) is 0 Å². The standard InChI is InChI=1S/C22H23N3O4/c1-25-8-6-14(7-9-25)12-29-20-11-19-18(21(26)24-13-23-19)10-17(20)15-4-2-3-5-16(15)22(27)28/h2-5,10-11,13-14H,6-9,12H2,1H3,(H,27,28)(H,23,24,26). The van der Waals surface area contributed by atoms with Gasteiger partial charge in [0.1, 0.15) is 5.75 Å². The Morgan fingerprint density at radius 2 is 2.00 bits per heavy atom. The molecule has 150 valence electrons. The van der Waals surface area contributed by atoms with Crippen molar-refractivity contribution in [3.63, 3.8) is 0 Å². The van der Waals surface area contributed by atoms with Crippen molar-refractivity contribution < 1.29 is 14.6 Å². The van der Waals surface area contributed by atoms with Crippen molar-refractivity contribution in [1.82, 2.24) is 14.9 Å². The molecule has 29 heavy (non-hydrogen) atoms. The van der Waals surface area contributed by atoms with E-state index in [0.717, 1.165) is 25.9 Å². The Kier molecular flexibility index (Phi) is 5.31. The second-order valence-electron chi connectivity index (χ2n) is 7.51. The highest BCUT2D eigenvalue weighted by atomic mass is 16.5. The third-order valence-corrected chi connectivity index (χ3v) is 5.50. The number of nitrogens with one attached hydrogen (secondary N) is 1. The van der Waals surface area contributed by atoms with Gasteiger partial charge in [0.25, 0.3) is 5.56 Å². The molecule has 1 aliphatic heterocycles. The summed E-state index contributed by atoms with van der Waals surface area (Å²) < 4.78 is 6.19. The molecule has 1 saturated heterocycles. The second-order valence-corrected chi connectivity index (χ2v) is 7.51. The smallest absolute Gasteiger partial charge is 0.336 e. The highest BCUT2D eigenvalue weighted by Gasteiger charge is 2.20. The number of carboxylic acid groups (broad SMARTS) is 1. The first-order valence-electron chi connectivity index (χ1n) is 9.68. The van der Waals surface area contributed by atoms with Gasteiger partial charge in [0.2, 0.25) is 0 Å². The number of piperidine rings is 1. The number of carboxylic acids is 1. The van der Waals surface area contributed by atoms with Crippen molar-refractivity contribution in [3.8, 4) is 16.9 Å². The van der Waals surface area contributed by atoms with Gasteiger partial charge in [0.05, 0.1) is 29.4 Å². The predicted octanol–water partition coefficient (Wildman–Crippen LogP) is 3.01. The number of H-pyrrole nitrogens is 1. The number of likely N-dealkylation sites (tertiary alicyclic amines) is 1. The molecule has 0 atom stereocenters. The lowest BCUT2D eigenvalue weighted by molar-refractivity contribution is 0.0697. The molecule has 1 fully saturated rings. The summed E-state index contributed by atoms with van der Waals surface area (Å²) in [6.07, 6.45) is 3.47. The van der Waals surface area contributed by atoms with Crippen molar-refractivity contribution in [3.05, 3.63) is 58.6 Å². The number of nitrogens with zero attached hydrogens (tertiary/aromatic N) is 2. The van der Waals surface area contributed by atoms with E-state index in [1.165, 1.54) is 6.33 Å². The molecule has 0 bridgehead atoms. The summed E-state index contributed by atoms with van der Waals surface area (Å²) in [5.74, 6) is -0.0399. The zero-order chi connectivity index (χ0) is 20.4. The van der Waals surface area contributed by atoms with Crippen LogP contribution in [0, 0.1) is 5.92 Å². The van der Waals surface area contributed by atoms with Gasteiger partial charge in [-0.15, -0.1) is 0 Å². The van der Waals surface area contributed by atoms with E-state index in [2.05, 4.69) is 21.9 Å². The summed E-state index contributed by atoms with van der Waals surface area (Å²) in [6.45, 7) is 2.62. The number of aromatic nitrogens is 2. The Hall–Kier alpha value is -3.19. The van der Waals surface area contributed by atoms with Gasteiger partial charge in [-0.3, -0.25) is 4.79 Å². The quantitative estimate of drug-likeness (QED) is 0.692. The van der Waals surface area contributed by atoms with E-state index in [9.17, 15) is 14.7 Å². The number of carbonyl (C=O) groups is 1. The Morgan fingerprint density at radius 3 is 2.76 bits per heavy atom. The van der Waals surface area contributed by atoms with Crippen LogP contribution in [0.3, 0.4) is 0 Å². The van der Waals surface area contributed by atoms with E-state index < -0.39 is 5.97 Å². The summed E-state index contributed by atoms with van der Waals surface area (Å²) in [4.78, 5) is 33.1. The summed E-state index contributed by atoms with van der Waals surface area (Å²) in [6, 6.07) is 10.1. The molecule has 3 aromatic rings. The molecule has 1 aromatic heterocycles. The van der Waals surface area contributed by atoms with Crippen LogP contribution < -0.4 is 10.3 Å². The number of benzene rings is 2. The summed E-state index contributed by atoms with van der Waals surface area (Å²) in [5, 5.41) is 10.0. The monoisotopic (exact) mass is 393 g/mol. The van der Waals surface area contributed by atoms with E-state index >= 15 is 0 Å². The molecule has 0 aliphatic carbocycles. The molecule has 0 amide bonds. The number of aromatic amines is 1. The molecule has 4 rings (SSSR count). The lowest BCUT2D eigenvalue weighted by Gasteiger charge is -2.29. The number of rotatable bonds is 5. The minimum absolute atomic E-state index is 0.163.